The maximum Gasteiger partial charge on any atom is 0.193 e. The van der Waals surface area contributed by atoms with Gasteiger partial charge in [0.15, 0.2) is 15.8 Å². The van der Waals surface area contributed by atoms with Gasteiger partial charge in [0, 0.05) is 39.6 Å². The second-order valence-electron chi connectivity index (χ2n) is 5.69. The third kappa shape index (κ3) is 5.70. The van der Waals surface area contributed by atoms with Gasteiger partial charge in [0.1, 0.15) is 10.7 Å². The number of halogens is 2. The Balaban J connectivity index is 0.00000338. The van der Waals surface area contributed by atoms with Crippen LogP contribution in [0.25, 0.3) is 0 Å². The Morgan fingerprint density at radius 2 is 1.96 bits per heavy atom. The SMILES string of the molecule is CN=C(NCCS(=O)(=O)c1ccccc1F)N(C)Cc1cccn1C.I. The smallest absolute Gasteiger partial charge is 0.193 e. The summed E-state index contributed by atoms with van der Waals surface area (Å²) in [4.78, 5) is 5.78. The van der Waals surface area contributed by atoms with Crippen molar-refractivity contribution in [1.29, 1.82) is 0 Å². The van der Waals surface area contributed by atoms with Crippen LogP contribution in [0.5, 0.6) is 0 Å². The Kier molecular flexibility index (Phi) is 8.54. The molecule has 26 heavy (non-hydrogen) atoms. The van der Waals surface area contributed by atoms with E-state index in [2.05, 4.69) is 10.3 Å². The van der Waals surface area contributed by atoms with Gasteiger partial charge in [-0.2, -0.15) is 0 Å². The Bertz CT molecular complexity index is 852. The van der Waals surface area contributed by atoms with E-state index in [-0.39, 0.29) is 41.2 Å². The van der Waals surface area contributed by atoms with Crippen LogP contribution in [-0.2, 0) is 23.4 Å². The minimum atomic E-state index is -3.69. The molecule has 1 aromatic heterocycles. The zero-order chi connectivity index (χ0) is 18.4. The number of aryl methyl sites for hydroxylation is 1. The van der Waals surface area contributed by atoms with Gasteiger partial charge in [-0.1, -0.05) is 12.1 Å². The molecule has 0 saturated carbocycles. The van der Waals surface area contributed by atoms with Gasteiger partial charge in [-0.15, -0.1) is 24.0 Å². The number of hydrogen-bond donors (Lipinski definition) is 1. The number of aromatic nitrogens is 1. The fourth-order valence-electron chi connectivity index (χ4n) is 2.47. The lowest BCUT2D eigenvalue weighted by molar-refractivity contribution is 0.463. The van der Waals surface area contributed by atoms with Crippen molar-refractivity contribution in [2.75, 3.05) is 26.4 Å². The first kappa shape index (κ1) is 22.4. The van der Waals surface area contributed by atoms with Crippen molar-refractivity contribution in [3.05, 3.63) is 54.1 Å². The van der Waals surface area contributed by atoms with Crippen LogP contribution in [0.1, 0.15) is 5.69 Å². The lowest BCUT2D eigenvalue weighted by Gasteiger charge is -2.22. The highest BCUT2D eigenvalue weighted by Crippen LogP contribution is 2.14. The van der Waals surface area contributed by atoms with Crippen LogP contribution in [0.15, 0.2) is 52.5 Å². The number of nitrogens with zero attached hydrogens (tertiary/aromatic N) is 3. The van der Waals surface area contributed by atoms with E-state index in [1.807, 2.05) is 41.9 Å². The summed E-state index contributed by atoms with van der Waals surface area (Å²) < 4.78 is 40.2. The monoisotopic (exact) mass is 494 g/mol. The summed E-state index contributed by atoms with van der Waals surface area (Å²) in [6.45, 7) is 0.768. The lowest BCUT2D eigenvalue weighted by Crippen LogP contribution is -2.40. The van der Waals surface area contributed by atoms with Crippen LogP contribution < -0.4 is 5.32 Å². The third-order valence-corrected chi connectivity index (χ3v) is 5.59. The lowest BCUT2D eigenvalue weighted by atomic mass is 10.3. The largest absolute Gasteiger partial charge is 0.355 e. The molecule has 2 aromatic rings. The van der Waals surface area contributed by atoms with Crippen LogP contribution in [0.3, 0.4) is 0 Å². The van der Waals surface area contributed by atoms with E-state index in [1.54, 1.807) is 7.05 Å². The predicted octanol–water partition coefficient (Wildman–Crippen LogP) is 2.26. The second kappa shape index (κ2) is 9.91. The number of aliphatic imine (C=N–C) groups is 1. The molecule has 0 aliphatic heterocycles. The first-order chi connectivity index (χ1) is 11.8. The molecule has 144 valence electrons. The summed E-state index contributed by atoms with van der Waals surface area (Å²) in [6.07, 6.45) is 1.96. The highest BCUT2D eigenvalue weighted by molar-refractivity contribution is 14.0. The van der Waals surface area contributed by atoms with Gasteiger partial charge < -0.3 is 14.8 Å². The van der Waals surface area contributed by atoms with E-state index in [0.29, 0.717) is 12.5 Å². The van der Waals surface area contributed by atoms with E-state index < -0.39 is 15.7 Å². The average Bonchev–Trinajstić information content (AvgIpc) is 2.96. The summed E-state index contributed by atoms with van der Waals surface area (Å²) in [5.41, 5.74) is 1.10. The molecule has 1 aromatic carbocycles. The van der Waals surface area contributed by atoms with Crippen LogP contribution >= 0.6 is 24.0 Å². The number of hydrogen-bond acceptors (Lipinski definition) is 3. The molecule has 0 radical (unpaired) electrons. The molecule has 0 amide bonds. The van der Waals surface area contributed by atoms with Crippen LogP contribution in [0.4, 0.5) is 4.39 Å². The third-order valence-electron chi connectivity index (χ3n) is 3.85. The van der Waals surface area contributed by atoms with E-state index in [1.165, 1.54) is 18.2 Å². The fraction of sp³-hybridized carbons (Fsp3) is 0.353. The zero-order valence-corrected chi connectivity index (χ0v) is 18.2. The maximum absolute atomic E-state index is 13.7. The molecule has 0 fully saturated rings. The van der Waals surface area contributed by atoms with Gasteiger partial charge in [-0.25, -0.2) is 12.8 Å². The standard InChI is InChI=1S/C17H23FN4O2S.HI/c1-19-17(22(3)13-14-7-6-11-21(14)2)20-10-12-25(23,24)16-9-5-4-8-15(16)18;/h4-9,11H,10,12-13H2,1-3H3,(H,19,20);1H. The molecular formula is C17H24FIN4O2S. The van der Waals surface area contributed by atoms with Crippen molar-refractivity contribution in [3.8, 4) is 0 Å². The first-order valence-corrected chi connectivity index (χ1v) is 9.49. The van der Waals surface area contributed by atoms with Gasteiger partial charge in [-0.05, 0) is 24.3 Å². The van der Waals surface area contributed by atoms with Crippen molar-refractivity contribution in [2.45, 2.75) is 11.4 Å². The first-order valence-electron chi connectivity index (χ1n) is 7.84. The average molecular weight is 494 g/mol. The topological polar surface area (TPSA) is 66.7 Å². The molecule has 0 unspecified atom stereocenters. The second-order valence-corrected chi connectivity index (χ2v) is 7.77. The van der Waals surface area contributed by atoms with Crippen molar-refractivity contribution in [1.82, 2.24) is 14.8 Å². The van der Waals surface area contributed by atoms with Crippen molar-refractivity contribution < 1.29 is 12.8 Å². The van der Waals surface area contributed by atoms with E-state index in [0.717, 1.165) is 11.8 Å². The molecule has 9 heteroatoms. The van der Waals surface area contributed by atoms with Gasteiger partial charge in [0.2, 0.25) is 0 Å². The maximum atomic E-state index is 13.7. The van der Waals surface area contributed by atoms with Crippen LogP contribution in [0.2, 0.25) is 0 Å². The van der Waals surface area contributed by atoms with Crippen molar-refractivity contribution in [2.24, 2.45) is 12.0 Å². The summed E-state index contributed by atoms with van der Waals surface area (Å²) in [7, 11) is 1.77. The molecule has 0 aliphatic rings. The summed E-state index contributed by atoms with van der Waals surface area (Å²) in [5.74, 6) is -0.372. The van der Waals surface area contributed by atoms with Crippen molar-refractivity contribution >= 4 is 39.8 Å². The molecule has 0 saturated heterocycles. The minimum Gasteiger partial charge on any atom is -0.355 e. The van der Waals surface area contributed by atoms with Gasteiger partial charge >= 0.3 is 0 Å². The molecule has 0 spiro atoms. The molecule has 0 aliphatic carbocycles. The normalized spacial score (nSPS) is 11.8. The quantitative estimate of drug-likeness (QED) is 0.380. The van der Waals surface area contributed by atoms with Crippen LogP contribution in [-0.4, -0.2) is 50.2 Å². The Morgan fingerprint density at radius 3 is 2.54 bits per heavy atom. The molecule has 2 rings (SSSR count). The summed E-state index contributed by atoms with van der Waals surface area (Å²) >= 11 is 0. The Morgan fingerprint density at radius 1 is 1.27 bits per heavy atom. The molecule has 0 atom stereocenters. The van der Waals surface area contributed by atoms with E-state index in [9.17, 15) is 12.8 Å². The number of guanidine groups is 1. The highest BCUT2D eigenvalue weighted by Gasteiger charge is 2.19. The van der Waals surface area contributed by atoms with E-state index in [4.69, 9.17) is 0 Å². The molecule has 0 bridgehead atoms. The van der Waals surface area contributed by atoms with Gasteiger partial charge in [0.05, 0.1) is 12.3 Å². The Labute approximate surface area is 171 Å². The molecule has 1 heterocycles. The van der Waals surface area contributed by atoms with Gasteiger partial charge in [-0.3, -0.25) is 4.99 Å². The fourth-order valence-corrected chi connectivity index (χ4v) is 3.71. The number of rotatable bonds is 6. The zero-order valence-electron chi connectivity index (χ0n) is 15.0. The van der Waals surface area contributed by atoms with E-state index >= 15 is 0 Å². The van der Waals surface area contributed by atoms with Gasteiger partial charge in [0.25, 0.3) is 0 Å². The number of sulfone groups is 1. The predicted molar refractivity (Wildman–Crippen MR) is 112 cm³/mol. The van der Waals surface area contributed by atoms with Crippen LogP contribution in [0, 0.1) is 5.82 Å². The molecular weight excluding hydrogens is 470 g/mol. The summed E-state index contributed by atoms with van der Waals surface area (Å²) in [6, 6.07) is 9.36. The number of benzene rings is 1. The number of nitrogens with one attached hydrogen (secondary N) is 1. The summed E-state index contributed by atoms with van der Waals surface area (Å²) in [5, 5.41) is 3.01. The minimum absolute atomic E-state index is 0. The molecule has 1 N–H and O–H groups in total. The Hall–Kier alpha value is -1.62. The highest BCUT2D eigenvalue weighted by atomic mass is 127. The molecule has 6 nitrogen and oxygen atoms in total. The van der Waals surface area contributed by atoms with Crippen molar-refractivity contribution in [3.63, 3.8) is 0 Å².